The second-order valence-corrected chi connectivity index (χ2v) is 9.96. The van der Waals surface area contributed by atoms with Crippen LogP contribution >= 0.6 is 20.6 Å². The summed E-state index contributed by atoms with van der Waals surface area (Å²) in [6, 6.07) is 8.84. The molecule has 0 saturated carbocycles. The van der Waals surface area contributed by atoms with E-state index in [1.54, 1.807) is 65.8 Å². The molecule has 0 N–H and O–H groups in total. The summed E-state index contributed by atoms with van der Waals surface area (Å²) in [7, 11) is 0. The number of benzene rings is 1. The third-order valence-corrected chi connectivity index (χ3v) is 5.21. The van der Waals surface area contributed by atoms with Crippen LogP contribution in [-0.4, -0.2) is 23.5 Å². The summed E-state index contributed by atoms with van der Waals surface area (Å²) in [5.74, 6) is 0. The third-order valence-electron chi connectivity index (χ3n) is 1.96. The molecular formula is C16H23IO6. The van der Waals surface area contributed by atoms with E-state index in [1.165, 1.54) is 0 Å². The normalized spacial score (nSPS) is 12.2. The molecule has 0 aliphatic rings. The van der Waals surface area contributed by atoms with Crippen molar-refractivity contribution in [2.45, 2.75) is 52.7 Å². The summed E-state index contributed by atoms with van der Waals surface area (Å²) in [6.45, 7) is 10.4. The van der Waals surface area contributed by atoms with Gasteiger partial charge in [0, 0.05) is 0 Å². The summed E-state index contributed by atoms with van der Waals surface area (Å²) in [5, 5.41) is 0. The Morgan fingerprint density at radius 1 is 0.783 bits per heavy atom. The molecule has 1 aromatic rings. The Morgan fingerprint density at radius 2 is 1.17 bits per heavy atom. The van der Waals surface area contributed by atoms with Crippen LogP contribution in [0.15, 0.2) is 30.3 Å². The van der Waals surface area contributed by atoms with Gasteiger partial charge in [0.05, 0.1) is 0 Å². The fourth-order valence-corrected chi connectivity index (χ4v) is 3.70. The zero-order valence-electron chi connectivity index (χ0n) is 14.2. The van der Waals surface area contributed by atoms with E-state index in [4.69, 9.17) is 15.6 Å². The van der Waals surface area contributed by atoms with E-state index in [0.717, 1.165) is 0 Å². The van der Waals surface area contributed by atoms with Gasteiger partial charge in [-0.25, -0.2) is 0 Å². The van der Waals surface area contributed by atoms with Gasteiger partial charge in [-0.15, -0.1) is 0 Å². The molecule has 0 bridgehead atoms. The summed E-state index contributed by atoms with van der Waals surface area (Å²) < 4.78 is 21.4. The van der Waals surface area contributed by atoms with Gasteiger partial charge >= 0.3 is 145 Å². The van der Waals surface area contributed by atoms with E-state index in [0.29, 0.717) is 3.57 Å². The number of carbonyl (C=O) groups excluding carboxylic acids is 2. The van der Waals surface area contributed by atoms with Gasteiger partial charge < -0.3 is 0 Å². The monoisotopic (exact) mass is 438 g/mol. The Labute approximate surface area is 144 Å². The van der Waals surface area contributed by atoms with Gasteiger partial charge in [0.2, 0.25) is 0 Å². The first-order valence-electron chi connectivity index (χ1n) is 7.04. The Morgan fingerprint density at radius 3 is 1.52 bits per heavy atom. The number of hydrogen-bond donors (Lipinski definition) is 0. The van der Waals surface area contributed by atoms with Crippen LogP contribution in [0.2, 0.25) is 0 Å². The van der Waals surface area contributed by atoms with E-state index in [2.05, 4.69) is 0 Å². The average Bonchev–Trinajstić information content (AvgIpc) is 2.34. The van der Waals surface area contributed by atoms with Crippen molar-refractivity contribution in [1.82, 2.24) is 0 Å². The van der Waals surface area contributed by atoms with Crippen molar-refractivity contribution in [2.75, 3.05) is 0 Å². The van der Waals surface area contributed by atoms with Gasteiger partial charge in [0.1, 0.15) is 0 Å². The first-order valence-corrected chi connectivity index (χ1v) is 9.88. The molecule has 0 spiro atoms. The average molecular weight is 438 g/mol. The second kappa shape index (κ2) is 7.85. The zero-order valence-corrected chi connectivity index (χ0v) is 16.4. The third kappa shape index (κ3) is 8.63. The summed E-state index contributed by atoms with van der Waals surface area (Å²) in [6.07, 6.45) is -1.73. The van der Waals surface area contributed by atoms with Gasteiger partial charge in [-0.1, -0.05) is 0 Å². The molecule has 0 atom stereocenters. The Hall–Kier alpha value is -1.51. The Balaban J connectivity index is 2.83. The van der Waals surface area contributed by atoms with E-state index in [9.17, 15) is 9.59 Å². The van der Waals surface area contributed by atoms with Crippen LogP contribution in [0.3, 0.4) is 0 Å². The Kier molecular flexibility index (Phi) is 6.67. The number of rotatable bonds is 3. The first-order chi connectivity index (χ1) is 10.5. The van der Waals surface area contributed by atoms with Crippen molar-refractivity contribution < 1.29 is 25.2 Å². The molecule has 1 aromatic carbocycles. The van der Waals surface area contributed by atoms with Gasteiger partial charge in [0.15, 0.2) is 0 Å². The minimum absolute atomic E-state index is 0.647. The van der Waals surface area contributed by atoms with Crippen LogP contribution < -0.4 is 0 Å². The molecule has 1 rings (SSSR count). The molecule has 0 unspecified atom stereocenters. The standard InChI is InChI=1S/C16H23IO6/c1-15(2,3)20-13(18)22-17(12-10-8-7-9-11-12)23-14(19)21-16(4,5)6/h7-11H,1-6H3. The SMILES string of the molecule is CC(C)(C)OC(=O)OI(OC(=O)OC(C)(C)C)c1ccccc1. The van der Waals surface area contributed by atoms with Crippen LogP contribution in [0.25, 0.3) is 0 Å². The number of halogens is 1. The number of carbonyl (C=O) groups is 2. The van der Waals surface area contributed by atoms with Crippen molar-refractivity contribution >= 4 is 33.0 Å². The van der Waals surface area contributed by atoms with E-state index in [1.807, 2.05) is 6.07 Å². The molecule has 0 aromatic heterocycles. The fraction of sp³-hybridized carbons (Fsp3) is 0.500. The number of hydrogen-bond acceptors (Lipinski definition) is 6. The molecule has 0 aliphatic carbocycles. The van der Waals surface area contributed by atoms with Crippen LogP contribution in [0.4, 0.5) is 9.59 Å². The van der Waals surface area contributed by atoms with Crippen molar-refractivity contribution in [2.24, 2.45) is 0 Å². The Bertz CT molecular complexity index is 500. The molecule has 130 valence electrons. The zero-order chi connectivity index (χ0) is 17.7. The molecular weight excluding hydrogens is 415 g/mol. The molecule has 0 saturated heterocycles. The topological polar surface area (TPSA) is 71.1 Å². The number of ether oxygens (including phenoxy) is 2. The van der Waals surface area contributed by atoms with E-state index >= 15 is 0 Å². The van der Waals surface area contributed by atoms with Gasteiger partial charge in [-0.3, -0.25) is 0 Å². The van der Waals surface area contributed by atoms with Crippen molar-refractivity contribution in [3.8, 4) is 0 Å². The van der Waals surface area contributed by atoms with Crippen molar-refractivity contribution in [1.29, 1.82) is 0 Å². The molecule has 0 radical (unpaired) electrons. The van der Waals surface area contributed by atoms with Gasteiger partial charge in [-0.2, -0.15) is 0 Å². The minimum atomic E-state index is -3.04. The summed E-state index contributed by atoms with van der Waals surface area (Å²) in [5.41, 5.74) is -1.39. The predicted octanol–water partition coefficient (Wildman–Crippen LogP) is 5.10. The van der Waals surface area contributed by atoms with Crippen LogP contribution in [0, 0.1) is 3.57 Å². The van der Waals surface area contributed by atoms with Crippen molar-refractivity contribution in [3.05, 3.63) is 33.9 Å². The van der Waals surface area contributed by atoms with E-state index < -0.39 is 44.2 Å². The second-order valence-electron chi connectivity index (χ2n) is 6.60. The maximum atomic E-state index is 11.9. The first kappa shape index (κ1) is 19.5. The van der Waals surface area contributed by atoms with Gasteiger partial charge in [0.25, 0.3) is 0 Å². The van der Waals surface area contributed by atoms with Crippen LogP contribution in [-0.2, 0) is 15.6 Å². The maximum absolute atomic E-state index is 11.9. The molecule has 7 heteroatoms. The predicted molar refractivity (Wildman–Crippen MR) is 93.8 cm³/mol. The molecule has 23 heavy (non-hydrogen) atoms. The van der Waals surface area contributed by atoms with E-state index in [-0.39, 0.29) is 0 Å². The summed E-state index contributed by atoms with van der Waals surface area (Å²) >= 11 is -3.04. The molecule has 0 fully saturated rings. The quantitative estimate of drug-likeness (QED) is 0.483. The fourth-order valence-electron chi connectivity index (χ4n) is 1.27. The molecule has 0 aliphatic heterocycles. The molecule has 6 nitrogen and oxygen atoms in total. The van der Waals surface area contributed by atoms with Crippen LogP contribution in [0.5, 0.6) is 0 Å². The van der Waals surface area contributed by atoms with Gasteiger partial charge in [-0.05, 0) is 0 Å². The molecule has 0 heterocycles. The molecule has 0 amide bonds. The summed E-state index contributed by atoms with van der Waals surface area (Å²) in [4.78, 5) is 23.7. The van der Waals surface area contributed by atoms with Crippen LogP contribution in [0.1, 0.15) is 41.5 Å². The van der Waals surface area contributed by atoms with Crippen molar-refractivity contribution in [3.63, 3.8) is 0 Å².